The average Bonchev–Trinajstić information content (AvgIpc) is 2.81. The van der Waals surface area contributed by atoms with Gasteiger partial charge in [-0.15, -0.1) is 0 Å². The summed E-state index contributed by atoms with van der Waals surface area (Å²) in [7, 11) is 0. The summed E-state index contributed by atoms with van der Waals surface area (Å²) in [6, 6.07) is 18.2. The minimum absolute atomic E-state index is 0. The minimum atomic E-state index is 0. The Hall–Kier alpha value is -0.781. The van der Waals surface area contributed by atoms with Crippen LogP contribution in [0.2, 0.25) is 0 Å². The molecule has 0 saturated carbocycles. The molecular weight excluding hydrogens is 212 g/mol. The van der Waals surface area contributed by atoms with Crippen LogP contribution in [-0.2, 0) is 17.1 Å². The van der Waals surface area contributed by atoms with Gasteiger partial charge in [0.15, 0.2) is 0 Å². The van der Waals surface area contributed by atoms with E-state index in [0.717, 1.165) is 0 Å². The quantitative estimate of drug-likeness (QED) is 0.473. The van der Waals surface area contributed by atoms with E-state index < -0.39 is 0 Å². The Morgan fingerprint density at radius 2 is 1.36 bits per heavy atom. The molecule has 0 spiro atoms. The Bertz CT molecular complexity index is 223. The van der Waals surface area contributed by atoms with Crippen molar-refractivity contribution in [2.75, 3.05) is 0 Å². The van der Waals surface area contributed by atoms with Crippen LogP contribution in [0.3, 0.4) is 0 Å². The molecule has 77 valence electrons. The fraction of sp³-hybridized carbons (Fsp3) is 0.154. The van der Waals surface area contributed by atoms with Crippen molar-refractivity contribution in [1.29, 1.82) is 0 Å². The predicted octanol–water partition coefficient (Wildman–Crippen LogP) is 3.96. The van der Waals surface area contributed by atoms with E-state index in [0.29, 0.717) is 0 Å². The second-order valence-corrected chi connectivity index (χ2v) is 2.42. The van der Waals surface area contributed by atoms with Gasteiger partial charge in [0.2, 0.25) is 0 Å². The molecular formula is C13H17Fe. The van der Waals surface area contributed by atoms with Gasteiger partial charge in [0.25, 0.3) is 0 Å². The second kappa shape index (κ2) is 12.2. The summed E-state index contributed by atoms with van der Waals surface area (Å²) in [5.41, 5.74) is 1.34. The van der Waals surface area contributed by atoms with Crippen LogP contribution < -0.4 is 0 Å². The minimum Gasteiger partial charge on any atom is -0.346 e. The SMILES string of the molecule is C[c-]1cccc1.[CH2-]C.[Fe+3].c1cc[cH-]c1. The van der Waals surface area contributed by atoms with Gasteiger partial charge >= 0.3 is 17.1 Å². The summed E-state index contributed by atoms with van der Waals surface area (Å²) in [6.45, 7) is 7.08. The van der Waals surface area contributed by atoms with E-state index in [9.17, 15) is 0 Å². The standard InChI is InChI=1S/C6H7.C5H5.C2H5.Fe/c1-6-4-2-3-5-6;1-2-4-5-3-1;1-2;/h2-5H,1H3;1-5H;1H2,2H3;/q3*-1;+3. The maximum atomic E-state index is 3.25. The van der Waals surface area contributed by atoms with Gasteiger partial charge in [0.1, 0.15) is 0 Å². The topological polar surface area (TPSA) is 0 Å². The van der Waals surface area contributed by atoms with Crippen molar-refractivity contribution in [2.24, 2.45) is 0 Å². The zero-order chi connectivity index (χ0) is 9.94. The van der Waals surface area contributed by atoms with Crippen LogP contribution in [0, 0.1) is 13.8 Å². The van der Waals surface area contributed by atoms with Crippen LogP contribution in [0.15, 0.2) is 54.6 Å². The van der Waals surface area contributed by atoms with Gasteiger partial charge in [-0.3, -0.25) is 0 Å². The normalized spacial score (nSPS) is 7.07. The molecule has 0 aromatic heterocycles. The fourth-order valence-electron chi connectivity index (χ4n) is 0.791. The van der Waals surface area contributed by atoms with E-state index in [1.54, 1.807) is 6.92 Å². The van der Waals surface area contributed by atoms with Gasteiger partial charge < -0.3 is 6.92 Å². The molecule has 0 fully saturated rings. The molecule has 0 saturated heterocycles. The molecule has 0 amide bonds. The van der Waals surface area contributed by atoms with E-state index in [-0.39, 0.29) is 17.1 Å². The first-order chi connectivity index (χ1) is 6.39. The molecule has 0 atom stereocenters. The van der Waals surface area contributed by atoms with Crippen LogP contribution in [0.1, 0.15) is 12.5 Å². The Balaban J connectivity index is 0. The summed E-state index contributed by atoms with van der Waals surface area (Å²) in [4.78, 5) is 0. The zero-order valence-electron chi connectivity index (χ0n) is 8.76. The van der Waals surface area contributed by atoms with Gasteiger partial charge in [-0.25, -0.2) is 24.3 Å². The zero-order valence-corrected chi connectivity index (χ0v) is 9.86. The van der Waals surface area contributed by atoms with Crippen LogP contribution >= 0.6 is 0 Å². The van der Waals surface area contributed by atoms with E-state index in [1.807, 2.05) is 42.5 Å². The largest absolute Gasteiger partial charge is 3.00 e. The molecule has 2 aromatic rings. The second-order valence-electron chi connectivity index (χ2n) is 2.42. The third kappa shape index (κ3) is 9.31. The van der Waals surface area contributed by atoms with Gasteiger partial charge in [0, 0.05) is 0 Å². The first-order valence-corrected chi connectivity index (χ1v) is 4.45. The molecule has 14 heavy (non-hydrogen) atoms. The Kier molecular flexibility index (Phi) is 13.7. The number of rotatable bonds is 0. The average molecular weight is 229 g/mol. The van der Waals surface area contributed by atoms with Crippen molar-refractivity contribution in [3.8, 4) is 0 Å². The summed E-state index contributed by atoms with van der Waals surface area (Å²) in [5, 5.41) is 0. The monoisotopic (exact) mass is 229 g/mol. The number of hydrogen-bond donors (Lipinski definition) is 0. The molecule has 0 aliphatic heterocycles. The molecule has 0 bridgehead atoms. The van der Waals surface area contributed by atoms with Crippen LogP contribution in [0.25, 0.3) is 0 Å². The maximum Gasteiger partial charge on any atom is 3.00 e. The Morgan fingerprint density at radius 3 is 1.50 bits per heavy atom. The van der Waals surface area contributed by atoms with Crippen molar-refractivity contribution < 1.29 is 17.1 Å². The van der Waals surface area contributed by atoms with Gasteiger partial charge in [-0.05, 0) is 0 Å². The van der Waals surface area contributed by atoms with E-state index in [4.69, 9.17) is 0 Å². The van der Waals surface area contributed by atoms with Crippen molar-refractivity contribution in [2.45, 2.75) is 13.8 Å². The molecule has 0 heterocycles. The predicted molar refractivity (Wildman–Crippen MR) is 59.8 cm³/mol. The van der Waals surface area contributed by atoms with Gasteiger partial charge in [0.05, 0.1) is 0 Å². The molecule has 0 N–H and O–H groups in total. The van der Waals surface area contributed by atoms with Gasteiger partial charge in [-0.2, -0.15) is 42.8 Å². The van der Waals surface area contributed by atoms with E-state index in [1.165, 1.54) is 5.56 Å². The summed E-state index contributed by atoms with van der Waals surface area (Å²) >= 11 is 0. The molecule has 0 aliphatic carbocycles. The Labute approximate surface area is 98.2 Å². The number of hydrogen-bond acceptors (Lipinski definition) is 0. The van der Waals surface area contributed by atoms with Crippen LogP contribution in [0.4, 0.5) is 0 Å². The van der Waals surface area contributed by atoms with Crippen LogP contribution in [0.5, 0.6) is 0 Å². The summed E-state index contributed by atoms with van der Waals surface area (Å²) < 4.78 is 0. The number of aryl methyl sites for hydroxylation is 1. The van der Waals surface area contributed by atoms with E-state index >= 15 is 0 Å². The smallest absolute Gasteiger partial charge is 0.346 e. The Morgan fingerprint density at radius 1 is 0.929 bits per heavy atom. The molecule has 2 aromatic carbocycles. The first kappa shape index (κ1) is 15.7. The molecule has 2 rings (SSSR count). The molecule has 1 radical (unpaired) electrons. The van der Waals surface area contributed by atoms with Crippen molar-refractivity contribution in [1.82, 2.24) is 0 Å². The molecule has 0 nitrogen and oxygen atoms in total. The van der Waals surface area contributed by atoms with Crippen LogP contribution in [-0.4, -0.2) is 0 Å². The summed E-state index contributed by atoms with van der Waals surface area (Å²) in [6.07, 6.45) is 0. The van der Waals surface area contributed by atoms with E-state index in [2.05, 4.69) is 26.0 Å². The third-order valence-electron chi connectivity index (χ3n) is 1.38. The molecule has 1 heteroatoms. The third-order valence-corrected chi connectivity index (χ3v) is 1.38. The van der Waals surface area contributed by atoms with Crippen molar-refractivity contribution in [3.05, 3.63) is 67.1 Å². The fourth-order valence-corrected chi connectivity index (χ4v) is 0.791. The maximum absolute atomic E-state index is 3.25. The molecule has 0 unspecified atom stereocenters. The van der Waals surface area contributed by atoms with Gasteiger partial charge in [-0.1, -0.05) is 6.92 Å². The van der Waals surface area contributed by atoms with Crippen molar-refractivity contribution >= 4 is 0 Å². The first-order valence-electron chi connectivity index (χ1n) is 4.45. The molecule has 0 aliphatic rings. The van der Waals surface area contributed by atoms with Crippen molar-refractivity contribution in [3.63, 3.8) is 0 Å². The summed E-state index contributed by atoms with van der Waals surface area (Å²) in [5.74, 6) is 0.